The van der Waals surface area contributed by atoms with E-state index in [0.717, 1.165) is 25.7 Å². The van der Waals surface area contributed by atoms with Gasteiger partial charge in [0, 0.05) is 6.04 Å². The number of nitrogens with one attached hydrogen (secondary N) is 1. The third-order valence-electron chi connectivity index (χ3n) is 3.64. The van der Waals surface area contributed by atoms with Gasteiger partial charge in [0.05, 0.1) is 17.4 Å². The lowest BCUT2D eigenvalue weighted by Gasteiger charge is -2.16. The summed E-state index contributed by atoms with van der Waals surface area (Å²) >= 11 is 0. The Bertz CT molecular complexity index is 565. The second-order valence-corrected chi connectivity index (χ2v) is 7.13. The number of nitriles is 1. The molecule has 108 valence electrons. The second-order valence-electron chi connectivity index (χ2n) is 5.37. The van der Waals surface area contributed by atoms with Gasteiger partial charge in [-0.05, 0) is 30.5 Å². The Balaban J connectivity index is 1.97. The topological polar surface area (TPSA) is 70.0 Å². The van der Waals surface area contributed by atoms with Gasteiger partial charge in [0.25, 0.3) is 0 Å². The van der Waals surface area contributed by atoms with Crippen LogP contribution in [-0.4, -0.2) is 14.5 Å². The molecule has 0 bridgehead atoms. The SMILES string of the molecule is N#Cc1ccc(CS(=O)(=O)NC2CCCCCC2)cc1. The first-order valence-electron chi connectivity index (χ1n) is 7.08. The van der Waals surface area contributed by atoms with E-state index in [1.54, 1.807) is 24.3 Å². The van der Waals surface area contributed by atoms with Crippen LogP contribution < -0.4 is 4.72 Å². The highest BCUT2D eigenvalue weighted by atomic mass is 32.2. The van der Waals surface area contributed by atoms with Gasteiger partial charge in [0.2, 0.25) is 10.0 Å². The van der Waals surface area contributed by atoms with Crippen LogP contribution >= 0.6 is 0 Å². The van der Waals surface area contributed by atoms with Crippen molar-refractivity contribution in [2.75, 3.05) is 0 Å². The molecule has 1 N–H and O–H groups in total. The number of sulfonamides is 1. The van der Waals surface area contributed by atoms with Crippen LogP contribution in [0.2, 0.25) is 0 Å². The zero-order valence-electron chi connectivity index (χ0n) is 11.5. The first-order valence-corrected chi connectivity index (χ1v) is 8.73. The minimum Gasteiger partial charge on any atom is -0.212 e. The fraction of sp³-hybridized carbons (Fsp3) is 0.533. The van der Waals surface area contributed by atoms with Crippen molar-refractivity contribution in [2.45, 2.75) is 50.3 Å². The smallest absolute Gasteiger partial charge is 0.212 e. The molecule has 0 amide bonds. The quantitative estimate of drug-likeness (QED) is 0.867. The van der Waals surface area contributed by atoms with E-state index >= 15 is 0 Å². The van der Waals surface area contributed by atoms with E-state index in [0.29, 0.717) is 11.1 Å². The maximum absolute atomic E-state index is 12.2. The number of nitrogens with zero attached hydrogens (tertiary/aromatic N) is 1. The molecule has 1 aromatic carbocycles. The van der Waals surface area contributed by atoms with Gasteiger partial charge in [-0.25, -0.2) is 13.1 Å². The number of rotatable bonds is 4. The molecule has 1 saturated carbocycles. The van der Waals surface area contributed by atoms with E-state index in [2.05, 4.69) is 4.72 Å². The van der Waals surface area contributed by atoms with Gasteiger partial charge in [0.15, 0.2) is 0 Å². The Morgan fingerprint density at radius 1 is 1.10 bits per heavy atom. The largest absolute Gasteiger partial charge is 0.216 e. The zero-order chi connectivity index (χ0) is 14.4. The summed E-state index contributed by atoms with van der Waals surface area (Å²) in [5.41, 5.74) is 1.26. The molecule has 5 heteroatoms. The van der Waals surface area contributed by atoms with Crippen molar-refractivity contribution in [3.63, 3.8) is 0 Å². The van der Waals surface area contributed by atoms with Gasteiger partial charge < -0.3 is 0 Å². The molecular formula is C15H20N2O2S. The van der Waals surface area contributed by atoms with Crippen molar-refractivity contribution in [1.82, 2.24) is 4.72 Å². The lowest BCUT2D eigenvalue weighted by atomic mass is 10.1. The molecule has 1 aliphatic carbocycles. The fourth-order valence-electron chi connectivity index (χ4n) is 2.59. The molecule has 20 heavy (non-hydrogen) atoms. The highest BCUT2D eigenvalue weighted by Crippen LogP contribution is 2.18. The summed E-state index contributed by atoms with van der Waals surface area (Å²) in [6, 6.07) is 8.81. The predicted octanol–water partition coefficient (Wildman–Crippen LogP) is 2.70. The average Bonchev–Trinajstić information content (AvgIpc) is 2.67. The Kier molecular flexibility index (Phi) is 5.16. The number of hydrogen-bond donors (Lipinski definition) is 1. The molecule has 1 aromatic rings. The Morgan fingerprint density at radius 3 is 2.25 bits per heavy atom. The van der Waals surface area contributed by atoms with E-state index < -0.39 is 10.0 Å². The van der Waals surface area contributed by atoms with Crippen LogP contribution in [0.3, 0.4) is 0 Å². The molecule has 0 spiro atoms. The maximum Gasteiger partial charge on any atom is 0.216 e. The summed E-state index contributed by atoms with van der Waals surface area (Å²) in [6.07, 6.45) is 6.48. The molecular weight excluding hydrogens is 272 g/mol. The van der Waals surface area contributed by atoms with E-state index in [-0.39, 0.29) is 11.8 Å². The fourth-order valence-corrected chi connectivity index (χ4v) is 4.05. The van der Waals surface area contributed by atoms with E-state index in [1.165, 1.54) is 12.8 Å². The van der Waals surface area contributed by atoms with Gasteiger partial charge in [-0.1, -0.05) is 37.8 Å². The van der Waals surface area contributed by atoms with Gasteiger partial charge in [-0.15, -0.1) is 0 Å². The summed E-state index contributed by atoms with van der Waals surface area (Å²) in [5.74, 6) is -0.0186. The average molecular weight is 292 g/mol. The molecule has 0 radical (unpaired) electrons. The second kappa shape index (κ2) is 6.87. The molecule has 0 unspecified atom stereocenters. The zero-order valence-corrected chi connectivity index (χ0v) is 12.3. The van der Waals surface area contributed by atoms with Crippen LogP contribution in [0.15, 0.2) is 24.3 Å². The molecule has 1 aliphatic rings. The molecule has 0 atom stereocenters. The number of benzene rings is 1. The number of hydrogen-bond acceptors (Lipinski definition) is 3. The van der Waals surface area contributed by atoms with Crippen LogP contribution in [0.4, 0.5) is 0 Å². The van der Waals surface area contributed by atoms with Crippen molar-refractivity contribution in [1.29, 1.82) is 5.26 Å². The van der Waals surface area contributed by atoms with E-state index in [4.69, 9.17) is 5.26 Å². The van der Waals surface area contributed by atoms with Gasteiger partial charge >= 0.3 is 0 Å². The van der Waals surface area contributed by atoms with Crippen LogP contribution in [0, 0.1) is 11.3 Å². The van der Waals surface area contributed by atoms with E-state index in [9.17, 15) is 8.42 Å². The summed E-state index contributed by atoms with van der Waals surface area (Å²) in [4.78, 5) is 0. The molecule has 0 saturated heterocycles. The third-order valence-corrected chi connectivity index (χ3v) is 5.05. The van der Waals surface area contributed by atoms with Crippen molar-refractivity contribution >= 4 is 10.0 Å². The molecule has 0 heterocycles. The Hall–Kier alpha value is -1.38. The Morgan fingerprint density at radius 2 is 1.70 bits per heavy atom. The van der Waals surface area contributed by atoms with Crippen LogP contribution in [0.1, 0.15) is 49.7 Å². The normalized spacial score (nSPS) is 17.4. The van der Waals surface area contributed by atoms with E-state index in [1.807, 2.05) is 6.07 Å². The van der Waals surface area contributed by atoms with Gasteiger partial charge in [-0.3, -0.25) is 0 Å². The monoisotopic (exact) mass is 292 g/mol. The first-order chi connectivity index (χ1) is 9.59. The summed E-state index contributed by atoms with van der Waals surface area (Å²) in [7, 11) is -3.30. The molecule has 4 nitrogen and oxygen atoms in total. The maximum atomic E-state index is 12.2. The lowest BCUT2D eigenvalue weighted by Crippen LogP contribution is -2.35. The van der Waals surface area contributed by atoms with Crippen LogP contribution in [0.25, 0.3) is 0 Å². The highest BCUT2D eigenvalue weighted by Gasteiger charge is 2.19. The molecule has 0 aromatic heterocycles. The highest BCUT2D eigenvalue weighted by molar-refractivity contribution is 7.88. The minimum atomic E-state index is -3.30. The lowest BCUT2D eigenvalue weighted by molar-refractivity contribution is 0.509. The minimum absolute atomic E-state index is 0.0186. The third kappa shape index (κ3) is 4.62. The summed E-state index contributed by atoms with van der Waals surface area (Å²) in [6.45, 7) is 0. The van der Waals surface area contributed by atoms with Gasteiger partial charge in [0.1, 0.15) is 0 Å². The molecule has 2 rings (SSSR count). The molecule has 0 aliphatic heterocycles. The Labute approximate surface area is 120 Å². The van der Waals surface area contributed by atoms with Crippen molar-refractivity contribution in [3.05, 3.63) is 35.4 Å². The predicted molar refractivity (Wildman–Crippen MR) is 78.4 cm³/mol. The first kappa shape index (κ1) is 15.0. The molecule has 1 fully saturated rings. The summed E-state index contributed by atoms with van der Waals surface area (Å²) in [5, 5.41) is 8.72. The van der Waals surface area contributed by atoms with Crippen LogP contribution in [0.5, 0.6) is 0 Å². The summed E-state index contributed by atoms with van der Waals surface area (Å²) < 4.78 is 27.1. The standard InChI is InChI=1S/C15H20N2O2S/c16-11-13-7-9-14(10-8-13)12-20(18,19)17-15-5-3-1-2-4-6-15/h7-10,15,17H,1-6,12H2. The van der Waals surface area contributed by atoms with Crippen molar-refractivity contribution in [3.8, 4) is 6.07 Å². The van der Waals surface area contributed by atoms with Crippen molar-refractivity contribution in [2.24, 2.45) is 0 Å². The van der Waals surface area contributed by atoms with Crippen molar-refractivity contribution < 1.29 is 8.42 Å². The van der Waals surface area contributed by atoms with Gasteiger partial charge in [-0.2, -0.15) is 5.26 Å². The van der Waals surface area contributed by atoms with Crippen LogP contribution in [-0.2, 0) is 15.8 Å².